The number of rotatable bonds is 0. The van der Waals surface area contributed by atoms with E-state index in [1.165, 1.54) is 0 Å². The van der Waals surface area contributed by atoms with Gasteiger partial charge in [0.05, 0.1) is 36.6 Å². The van der Waals surface area contributed by atoms with Gasteiger partial charge in [-0.2, -0.15) is 0 Å². The van der Waals surface area contributed by atoms with Crippen molar-refractivity contribution in [2.75, 3.05) is 26.2 Å². The van der Waals surface area contributed by atoms with Crippen molar-refractivity contribution in [1.82, 2.24) is 10.6 Å². The van der Waals surface area contributed by atoms with Gasteiger partial charge >= 0.3 is 0 Å². The van der Waals surface area contributed by atoms with Crippen LogP contribution in [0.5, 0.6) is 0 Å². The van der Waals surface area contributed by atoms with Crippen molar-refractivity contribution in [3.8, 4) is 0 Å². The van der Waals surface area contributed by atoms with Crippen molar-refractivity contribution in [3.63, 3.8) is 0 Å². The van der Waals surface area contributed by atoms with Crippen LogP contribution in [-0.4, -0.2) is 93.4 Å². The summed E-state index contributed by atoms with van der Waals surface area (Å²) in [7, 11) is 0. The second-order valence-electron chi connectivity index (χ2n) is 9.59. The molecule has 1 rings (SSSR count). The van der Waals surface area contributed by atoms with E-state index in [1.807, 2.05) is 0 Å². The van der Waals surface area contributed by atoms with E-state index in [9.17, 15) is 30.6 Å². The summed E-state index contributed by atoms with van der Waals surface area (Å²) < 4.78 is 0. The molecular weight excluding hydrogens is 412 g/mol. The van der Waals surface area contributed by atoms with Gasteiger partial charge in [-0.15, -0.1) is 0 Å². The van der Waals surface area contributed by atoms with Gasteiger partial charge in [0.25, 0.3) is 0 Å². The molecule has 0 bridgehead atoms. The van der Waals surface area contributed by atoms with Gasteiger partial charge in [-0.25, -0.2) is 0 Å². The molecule has 1 fully saturated rings. The van der Waals surface area contributed by atoms with Gasteiger partial charge in [-0.05, 0) is 103 Å². The highest BCUT2D eigenvalue weighted by atomic mass is 16.3. The molecule has 1 saturated heterocycles. The molecule has 1 aliphatic rings. The summed E-state index contributed by atoms with van der Waals surface area (Å²) >= 11 is 0. The van der Waals surface area contributed by atoms with Gasteiger partial charge in [-0.1, -0.05) is 12.8 Å². The molecule has 32 heavy (non-hydrogen) atoms. The van der Waals surface area contributed by atoms with Crippen LogP contribution in [0, 0.1) is 0 Å². The summed E-state index contributed by atoms with van der Waals surface area (Å²) in [5.74, 6) is 0. The van der Waals surface area contributed by atoms with Crippen molar-refractivity contribution in [1.29, 1.82) is 0 Å². The van der Waals surface area contributed by atoms with Crippen LogP contribution in [0.2, 0.25) is 0 Å². The van der Waals surface area contributed by atoms with Crippen LogP contribution < -0.4 is 10.6 Å². The van der Waals surface area contributed by atoms with E-state index in [0.29, 0.717) is 103 Å². The molecule has 8 nitrogen and oxygen atoms in total. The van der Waals surface area contributed by atoms with Gasteiger partial charge < -0.3 is 41.3 Å². The zero-order chi connectivity index (χ0) is 23.6. The van der Waals surface area contributed by atoms with Crippen LogP contribution in [-0.2, 0) is 0 Å². The average Bonchev–Trinajstić information content (AvgIpc) is 2.76. The lowest BCUT2D eigenvalue weighted by Gasteiger charge is -2.17. The lowest BCUT2D eigenvalue weighted by molar-refractivity contribution is 0.0925. The van der Waals surface area contributed by atoms with Crippen molar-refractivity contribution in [3.05, 3.63) is 0 Å². The topological polar surface area (TPSA) is 145 Å². The highest BCUT2D eigenvalue weighted by molar-refractivity contribution is 4.68. The number of aliphatic hydroxyl groups excluding tert-OH is 6. The Labute approximate surface area is 194 Å². The van der Waals surface area contributed by atoms with Gasteiger partial charge in [0.2, 0.25) is 0 Å². The average molecular weight is 463 g/mol. The predicted octanol–water partition coefficient (Wildman–Crippen LogP) is 0.806. The highest BCUT2D eigenvalue weighted by Gasteiger charge is 2.13. The van der Waals surface area contributed by atoms with Gasteiger partial charge in [0.15, 0.2) is 0 Å². The standard InChI is InChI=1S/C24H50N2O6/c27-19-3-1-2-4-20(28)6-8-22(30)12-16-26-18-14-24(32)10-9-23(31)13-17-25-15-11-21(29)7-5-19/h19-32H,1-18H2. The van der Waals surface area contributed by atoms with Crippen LogP contribution in [0.3, 0.4) is 0 Å². The molecule has 6 atom stereocenters. The normalized spacial score (nSPS) is 35.8. The molecule has 0 amide bonds. The summed E-state index contributed by atoms with van der Waals surface area (Å²) in [4.78, 5) is 0. The molecule has 1 aliphatic heterocycles. The molecule has 0 spiro atoms. The fourth-order valence-electron chi connectivity index (χ4n) is 4.10. The summed E-state index contributed by atoms with van der Waals surface area (Å²) in [6.45, 7) is 2.68. The van der Waals surface area contributed by atoms with E-state index in [1.54, 1.807) is 0 Å². The summed E-state index contributed by atoms with van der Waals surface area (Å²) in [6.07, 6.45) is 6.28. The van der Waals surface area contributed by atoms with Crippen LogP contribution in [0.4, 0.5) is 0 Å². The van der Waals surface area contributed by atoms with Crippen LogP contribution in [0.15, 0.2) is 0 Å². The maximum absolute atomic E-state index is 10.1. The van der Waals surface area contributed by atoms with E-state index in [-0.39, 0.29) is 0 Å². The van der Waals surface area contributed by atoms with Gasteiger partial charge in [-0.3, -0.25) is 0 Å². The Morgan fingerprint density at radius 1 is 0.312 bits per heavy atom. The van der Waals surface area contributed by atoms with Crippen LogP contribution >= 0.6 is 0 Å². The Balaban J connectivity index is 2.37. The molecule has 0 aromatic rings. The molecule has 0 aliphatic carbocycles. The Kier molecular flexibility index (Phi) is 17.7. The molecule has 1 heterocycles. The zero-order valence-electron chi connectivity index (χ0n) is 19.9. The Morgan fingerprint density at radius 2 is 0.531 bits per heavy atom. The molecule has 8 N–H and O–H groups in total. The summed E-state index contributed by atoms with van der Waals surface area (Å²) in [5.41, 5.74) is 0. The third kappa shape index (κ3) is 17.2. The SMILES string of the molecule is OC1CCCCC(O)CCC(O)CCNCCC(O)CCC(O)CCNCCC(O)CC1. The first-order chi connectivity index (χ1) is 15.4. The first-order valence-corrected chi connectivity index (χ1v) is 12.9. The summed E-state index contributed by atoms with van der Waals surface area (Å²) in [6, 6.07) is 0. The summed E-state index contributed by atoms with van der Waals surface area (Å²) in [5, 5.41) is 67.0. The lowest BCUT2D eigenvalue weighted by Crippen LogP contribution is -2.26. The molecule has 0 aromatic carbocycles. The zero-order valence-corrected chi connectivity index (χ0v) is 19.9. The minimum atomic E-state index is -0.450. The van der Waals surface area contributed by atoms with Crippen LogP contribution in [0.1, 0.15) is 89.9 Å². The minimum absolute atomic E-state index is 0.423. The monoisotopic (exact) mass is 462 g/mol. The first kappa shape index (κ1) is 29.7. The van der Waals surface area contributed by atoms with E-state index < -0.39 is 36.6 Å². The minimum Gasteiger partial charge on any atom is -0.393 e. The van der Waals surface area contributed by atoms with Crippen LogP contribution in [0.25, 0.3) is 0 Å². The first-order valence-electron chi connectivity index (χ1n) is 12.9. The molecule has 8 heteroatoms. The van der Waals surface area contributed by atoms with Crippen molar-refractivity contribution >= 4 is 0 Å². The van der Waals surface area contributed by atoms with E-state index in [4.69, 9.17) is 0 Å². The molecule has 6 unspecified atom stereocenters. The highest BCUT2D eigenvalue weighted by Crippen LogP contribution is 2.15. The Morgan fingerprint density at radius 3 is 0.781 bits per heavy atom. The molecule has 0 saturated carbocycles. The smallest absolute Gasteiger partial charge is 0.0553 e. The molecule has 0 radical (unpaired) electrons. The fourth-order valence-corrected chi connectivity index (χ4v) is 4.10. The van der Waals surface area contributed by atoms with E-state index in [0.717, 1.165) is 12.8 Å². The molecule has 192 valence electrons. The Bertz CT molecular complexity index is 393. The van der Waals surface area contributed by atoms with Crippen molar-refractivity contribution in [2.24, 2.45) is 0 Å². The largest absolute Gasteiger partial charge is 0.393 e. The molecule has 0 aromatic heterocycles. The third-order valence-electron chi connectivity index (χ3n) is 6.44. The third-order valence-corrected chi connectivity index (χ3v) is 6.44. The predicted molar refractivity (Wildman–Crippen MR) is 126 cm³/mol. The number of hydrogen-bond donors (Lipinski definition) is 8. The molecular formula is C24H50N2O6. The van der Waals surface area contributed by atoms with Crippen molar-refractivity contribution < 1.29 is 30.6 Å². The maximum atomic E-state index is 10.1. The second-order valence-corrected chi connectivity index (χ2v) is 9.59. The fraction of sp³-hybridized carbons (Fsp3) is 1.00. The second kappa shape index (κ2) is 19.0. The lowest BCUT2D eigenvalue weighted by atomic mass is 10.00. The quantitative estimate of drug-likeness (QED) is 0.264. The number of hydrogen-bond acceptors (Lipinski definition) is 8. The van der Waals surface area contributed by atoms with Gasteiger partial charge in [0.1, 0.15) is 0 Å². The van der Waals surface area contributed by atoms with Gasteiger partial charge in [0, 0.05) is 0 Å². The maximum Gasteiger partial charge on any atom is 0.0553 e. The Hall–Kier alpha value is -0.320. The van der Waals surface area contributed by atoms with E-state index in [2.05, 4.69) is 10.6 Å². The number of aliphatic hydroxyl groups is 6. The van der Waals surface area contributed by atoms with Crippen molar-refractivity contribution in [2.45, 2.75) is 127 Å². The van der Waals surface area contributed by atoms with E-state index >= 15 is 0 Å². The number of nitrogens with one attached hydrogen (secondary N) is 2.